The molecule has 0 unspecified atom stereocenters. The van der Waals surface area contributed by atoms with E-state index in [1.165, 1.54) is 34.7 Å². The Morgan fingerprint density at radius 1 is 1.09 bits per heavy atom. The molecule has 3 nitrogen and oxygen atoms in total. The number of hydrogen-bond donors (Lipinski definition) is 1. The molecule has 0 aliphatic heterocycles. The molecule has 0 spiro atoms. The number of fused-ring (bicyclic) bond motifs is 1. The van der Waals surface area contributed by atoms with Crippen LogP contribution in [0.1, 0.15) is 33.1 Å². The Labute approximate surface area is 143 Å². The van der Waals surface area contributed by atoms with E-state index in [0.717, 1.165) is 34.0 Å². The van der Waals surface area contributed by atoms with E-state index in [0.29, 0.717) is 0 Å². The van der Waals surface area contributed by atoms with Crippen LogP contribution in [0.15, 0.2) is 41.8 Å². The first-order valence-electron chi connectivity index (χ1n) is 7.74. The fraction of sp³-hybridized carbons (Fsp3) is 0.222. The van der Waals surface area contributed by atoms with Crippen LogP contribution in [0, 0.1) is 0 Å². The van der Waals surface area contributed by atoms with Crippen molar-refractivity contribution < 1.29 is 4.79 Å². The van der Waals surface area contributed by atoms with Gasteiger partial charge in [-0.2, -0.15) is 0 Å². The van der Waals surface area contributed by atoms with Gasteiger partial charge in [0.1, 0.15) is 4.88 Å². The molecule has 0 atom stereocenters. The molecule has 2 heterocycles. The van der Waals surface area contributed by atoms with Gasteiger partial charge >= 0.3 is 0 Å². The van der Waals surface area contributed by atoms with Crippen molar-refractivity contribution in [3.8, 4) is 11.1 Å². The average Bonchev–Trinajstić information content (AvgIpc) is 3.22. The second kappa shape index (κ2) is 6.26. The van der Waals surface area contributed by atoms with Crippen molar-refractivity contribution >= 4 is 33.7 Å². The summed E-state index contributed by atoms with van der Waals surface area (Å²) < 4.78 is 0. The van der Waals surface area contributed by atoms with Crippen LogP contribution in [-0.4, -0.2) is 10.9 Å². The van der Waals surface area contributed by atoms with Gasteiger partial charge in [0.25, 0.3) is 5.91 Å². The van der Waals surface area contributed by atoms with Gasteiger partial charge in [0.2, 0.25) is 0 Å². The molecule has 1 N–H and O–H groups in total. The maximum absolute atomic E-state index is 12.6. The Kier molecular flexibility index (Phi) is 3.97. The fourth-order valence-electron chi connectivity index (χ4n) is 2.89. The summed E-state index contributed by atoms with van der Waals surface area (Å²) in [5.74, 6) is -0.0649. The van der Waals surface area contributed by atoms with Crippen molar-refractivity contribution in [1.29, 1.82) is 0 Å². The third kappa shape index (κ3) is 2.94. The van der Waals surface area contributed by atoms with Gasteiger partial charge in [-0.1, -0.05) is 30.3 Å². The molecule has 23 heavy (non-hydrogen) atoms. The van der Waals surface area contributed by atoms with Gasteiger partial charge in [-0.3, -0.25) is 10.1 Å². The molecule has 1 aliphatic rings. The molecular weight excluding hydrogens is 324 g/mol. The molecular formula is C18H16N2OS2. The number of benzene rings is 1. The lowest BCUT2D eigenvalue weighted by atomic mass is 10.0. The lowest BCUT2D eigenvalue weighted by molar-refractivity contribution is 0.103. The van der Waals surface area contributed by atoms with E-state index < -0.39 is 0 Å². The van der Waals surface area contributed by atoms with Gasteiger partial charge in [-0.05, 0) is 42.7 Å². The lowest BCUT2D eigenvalue weighted by Crippen LogP contribution is -2.11. The smallest absolute Gasteiger partial charge is 0.268 e. The van der Waals surface area contributed by atoms with E-state index >= 15 is 0 Å². The van der Waals surface area contributed by atoms with E-state index in [-0.39, 0.29) is 5.91 Å². The molecule has 0 bridgehead atoms. The zero-order valence-electron chi connectivity index (χ0n) is 12.5. The first-order valence-corrected chi connectivity index (χ1v) is 9.44. The molecule has 2 aromatic heterocycles. The molecule has 0 saturated carbocycles. The zero-order chi connectivity index (χ0) is 15.6. The summed E-state index contributed by atoms with van der Waals surface area (Å²) in [5, 5.41) is 5.68. The second-order valence-electron chi connectivity index (χ2n) is 5.58. The summed E-state index contributed by atoms with van der Waals surface area (Å²) in [7, 11) is 0. The monoisotopic (exact) mass is 340 g/mol. The van der Waals surface area contributed by atoms with Crippen molar-refractivity contribution in [3.05, 3.63) is 57.2 Å². The van der Waals surface area contributed by atoms with E-state index in [9.17, 15) is 4.79 Å². The third-order valence-corrected chi connectivity index (χ3v) is 6.01. The Balaban J connectivity index is 1.58. The quantitative estimate of drug-likeness (QED) is 0.729. The fourth-order valence-corrected chi connectivity index (χ4v) is 4.75. The highest BCUT2D eigenvalue weighted by molar-refractivity contribution is 7.16. The van der Waals surface area contributed by atoms with Crippen molar-refractivity contribution in [2.24, 2.45) is 0 Å². The van der Waals surface area contributed by atoms with E-state index in [4.69, 9.17) is 0 Å². The van der Waals surface area contributed by atoms with Gasteiger partial charge < -0.3 is 0 Å². The van der Waals surface area contributed by atoms with Crippen molar-refractivity contribution in [2.45, 2.75) is 25.7 Å². The minimum atomic E-state index is -0.0649. The number of nitrogens with zero attached hydrogens (tertiary/aromatic N) is 1. The summed E-state index contributed by atoms with van der Waals surface area (Å²) in [6, 6.07) is 12.0. The van der Waals surface area contributed by atoms with Crippen molar-refractivity contribution in [2.75, 3.05) is 5.32 Å². The number of thiazole rings is 1. The number of aromatic nitrogens is 1. The van der Waals surface area contributed by atoms with Crippen LogP contribution >= 0.6 is 22.7 Å². The summed E-state index contributed by atoms with van der Waals surface area (Å²) in [6.45, 7) is 0. The standard InChI is InChI=1S/C18H16N2OS2/c21-17(20-18-19-14-8-4-5-9-15(14)23-18)16-13(10-11-22-16)12-6-2-1-3-7-12/h1-3,6-7,10-11H,4-5,8-9H2,(H,19,20,21). The molecule has 0 fully saturated rings. The lowest BCUT2D eigenvalue weighted by Gasteiger charge is -2.06. The van der Waals surface area contributed by atoms with Crippen LogP contribution in [0.25, 0.3) is 11.1 Å². The van der Waals surface area contributed by atoms with Gasteiger partial charge in [0.15, 0.2) is 5.13 Å². The predicted molar refractivity (Wildman–Crippen MR) is 96.5 cm³/mol. The number of anilines is 1. The van der Waals surface area contributed by atoms with Crippen molar-refractivity contribution in [1.82, 2.24) is 4.98 Å². The Hall–Kier alpha value is -1.98. The normalized spacial score (nSPS) is 13.6. The molecule has 4 rings (SSSR count). The Morgan fingerprint density at radius 3 is 2.74 bits per heavy atom. The Bertz CT molecular complexity index is 812. The number of carbonyl (C=O) groups excluding carboxylic acids is 1. The molecule has 3 aromatic rings. The van der Waals surface area contributed by atoms with E-state index in [1.807, 2.05) is 41.8 Å². The van der Waals surface area contributed by atoms with Gasteiger partial charge in [0, 0.05) is 10.4 Å². The largest absolute Gasteiger partial charge is 0.297 e. The molecule has 5 heteroatoms. The topological polar surface area (TPSA) is 42.0 Å². The minimum Gasteiger partial charge on any atom is -0.297 e. The molecule has 1 aromatic carbocycles. The highest BCUT2D eigenvalue weighted by Gasteiger charge is 2.19. The first-order chi connectivity index (χ1) is 11.3. The van der Waals surface area contributed by atoms with Crippen LogP contribution in [0.3, 0.4) is 0 Å². The third-order valence-electron chi connectivity index (χ3n) is 4.02. The number of carbonyl (C=O) groups is 1. The summed E-state index contributed by atoms with van der Waals surface area (Å²) in [5.41, 5.74) is 3.22. The van der Waals surface area contributed by atoms with E-state index in [1.54, 1.807) is 11.3 Å². The highest BCUT2D eigenvalue weighted by Crippen LogP contribution is 2.32. The molecule has 1 amide bonds. The number of hydrogen-bond acceptors (Lipinski definition) is 4. The van der Waals surface area contributed by atoms with Gasteiger partial charge in [-0.25, -0.2) is 4.98 Å². The van der Waals surface area contributed by atoms with Gasteiger partial charge in [-0.15, -0.1) is 22.7 Å². The molecule has 0 radical (unpaired) electrons. The molecule has 116 valence electrons. The van der Waals surface area contributed by atoms with Gasteiger partial charge in [0.05, 0.1) is 5.69 Å². The predicted octanol–water partition coefficient (Wildman–Crippen LogP) is 5.00. The molecule has 0 saturated heterocycles. The van der Waals surface area contributed by atoms with Crippen molar-refractivity contribution in [3.63, 3.8) is 0 Å². The average molecular weight is 340 g/mol. The maximum atomic E-state index is 12.6. The van der Waals surface area contributed by atoms with Crippen LogP contribution in [0.5, 0.6) is 0 Å². The maximum Gasteiger partial charge on any atom is 0.268 e. The number of aryl methyl sites for hydroxylation is 2. The number of amides is 1. The van der Waals surface area contributed by atoms with Crippen LogP contribution in [0.4, 0.5) is 5.13 Å². The SMILES string of the molecule is O=C(Nc1nc2c(s1)CCCC2)c1sccc1-c1ccccc1. The van der Waals surface area contributed by atoms with E-state index in [2.05, 4.69) is 10.3 Å². The molecule has 1 aliphatic carbocycles. The Morgan fingerprint density at radius 2 is 1.91 bits per heavy atom. The summed E-state index contributed by atoms with van der Waals surface area (Å²) >= 11 is 3.10. The summed E-state index contributed by atoms with van der Waals surface area (Å²) in [4.78, 5) is 19.3. The number of nitrogens with one attached hydrogen (secondary N) is 1. The number of rotatable bonds is 3. The summed E-state index contributed by atoms with van der Waals surface area (Å²) in [6.07, 6.45) is 4.56. The minimum absolute atomic E-state index is 0.0649. The number of thiophene rings is 1. The van der Waals surface area contributed by atoms with Crippen LogP contribution < -0.4 is 5.32 Å². The highest BCUT2D eigenvalue weighted by atomic mass is 32.1. The zero-order valence-corrected chi connectivity index (χ0v) is 14.2. The van der Waals surface area contributed by atoms with Crippen LogP contribution in [0.2, 0.25) is 0 Å². The first kappa shape index (κ1) is 14.6. The second-order valence-corrected chi connectivity index (χ2v) is 7.58. The van der Waals surface area contributed by atoms with Crippen LogP contribution in [-0.2, 0) is 12.8 Å².